The predicted molar refractivity (Wildman–Crippen MR) is 81.3 cm³/mol. The summed E-state index contributed by atoms with van der Waals surface area (Å²) in [5.41, 5.74) is 0.123. The summed E-state index contributed by atoms with van der Waals surface area (Å²) >= 11 is 0. The summed E-state index contributed by atoms with van der Waals surface area (Å²) in [5, 5.41) is 3.26. The van der Waals surface area contributed by atoms with Crippen LogP contribution in [0, 0.1) is 0 Å². The standard InChI is InChI=1S/C14H30N2O2S/c1-12(2)19(17,18)10-9-16-8-6-7-13(16)11-15-14(3,4)5/h12-13,15H,6-11H2,1-5H3. The highest BCUT2D eigenvalue weighted by molar-refractivity contribution is 7.92. The molecular weight excluding hydrogens is 260 g/mol. The SMILES string of the molecule is CC(C)S(=O)(=O)CCN1CCCC1CNC(C)(C)C. The number of nitrogens with zero attached hydrogens (tertiary/aromatic N) is 1. The highest BCUT2D eigenvalue weighted by Crippen LogP contribution is 2.17. The molecule has 1 N–H and O–H groups in total. The van der Waals surface area contributed by atoms with Crippen molar-refractivity contribution in [2.45, 2.75) is 64.3 Å². The van der Waals surface area contributed by atoms with E-state index in [1.54, 1.807) is 13.8 Å². The number of nitrogens with one attached hydrogen (secondary N) is 1. The Labute approximate surface area is 118 Å². The van der Waals surface area contributed by atoms with Crippen molar-refractivity contribution in [3.05, 3.63) is 0 Å². The van der Waals surface area contributed by atoms with Gasteiger partial charge < -0.3 is 5.32 Å². The zero-order valence-corrected chi connectivity index (χ0v) is 13.9. The highest BCUT2D eigenvalue weighted by atomic mass is 32.2. The summed E-state index contributed by atoms with van der Waals surface area (Å²) in [4.78, 5) is 2.33. The molecule has 1 aliphatic rings. The molecule has 1 aliphatic heterocycles. The van der Waals surface area contributed by atoms with Crippen molar-refractivity contribution in [3.8, 4) is 0 Å². The number of hydrogen-bond acceptors (Lipinski definition) is 4. The fraction of sp³-hybridized carbons (Fsp3) is 1.00. The third kappa shape index (κ3) is 5.79. The lowest BCUT2D eigenvalue weighted by Crippen LogP contribution is -2.46. The van der Waals surface area contributed by atoms with E-state index in [1.165, 1.54) is 12.8 Å². The van der Waals surface area contributed by atoms with Crippen molar-refractivity contribution in [1.82, 2.24) is 10.2 Å². The van der Waals surface area contributed by atoms with E-state index < -0.39 is 9.84 Å². The van der Waals surface area contributed by atoms with Crippen molar-refractivity contribution >= 4 is 9.84 Å². The molecule has 0 aromatic rings. The Balaban J connectivity index is 2.45. The molecule has 0 aromatic carbocycles. The molecule has 0 amide bonds. The second-order valence-corrected chi connectivity index (χ2v) is 9.56. The molecule has 0 spiro atoms. The molecule has 0 saturated carbocycles. The van der Waals surface area contributed by atoms with Crippen LogP contribution < -0.4 is 5.32 Å². The smallest absolute Gasteiger partial charge is 0.153 e. The van der Waals surface area contributed by atoms with Crippen molar-refractivity contribution in [1.29, 1.82) is 0 Å². The molecule has 0 bridgehead atoms. The van der Waals surface area contributed by atoms with Gasteiger partial charge in [-0.2, -0.15) is 0 Å². The maximum absolute atomic E-state index is 11.9. The lowest BCUT2D eigenvalue weighted by Gasteiger charge is -2.29. The molecule has 1 atom stereocenters. The van der Waals surface area contributed by atoms with Crippen LogP contribution in [0.25, 0.3) is 0 Å². The van der Waals surface area contributed by atoms with Crippen LogP contribution in [0.15, 0.2) is 0 Å². The highest BCUT2D eigenvalue weighted by Gasteiger charge is 2.27. The normalized spacial score (nSPS) is 22.3. The molecule has 1 rings (SSSR count). The van der Waals surface area contributed by atoms with Crippen LogP contribution in [0.3, 0.4) is 0 Å². The van der Waals surface area contributed by atoms with Crippen LogP contribution in [0.1, 0.15) is 47.5 Å². The summed E-state index contributed by atoms with van der Waals surface area (Å²) < 4.78 is 23.7. The minimum Gasteiger partial charge on any atom is -0.311 e. The first-order valence-corrected chi connectivity index (χ1v) is 9.04. The van der Waals surface area contributed by atoms with E-state index in [0.717, 1.165) is 13.1 Å². The Hall–Kier alpha value is -0.130. The fourth-order valence-electron chi connectivity index (χ4n) is 2.32. The first-order valence-electron chi connectivity index (χ1n) is 7.32. The number of rotatable bonds is 6. The van der Waals surface area contributed by atoms with Gasteiger partial charge in [0.25, 0.3) is 0 Å². The Morgan fingerprint density at radius 1 is 1.32 bits per heavy atom. The molecular formula is C14H30N2O2S. The van der Waals surface area contributed by atoms with Crippen molar-refractivity contribution in [3.63, 3.8) is 0 Å². The van der Waals surface area contributed by atoms with Crippen LogP contribution in [0.2, 0.25) is 0 Å². The molecule has 1 unspecified atom stereocenters. The first kappa shape index (κ1) is 16.9. The van der Waals surface area contributed by atoms with Gasteiger partial charge in [-0.1, -0.05) is 0 Å². The summed E-state index contributed by atoms with van der Waals surface area (Å²) in [6.45, 7) is 12.7. The number of sulfone groups is 1. The maximum Gasteiger partial charge on any atom is 0.153 e. The van der Waals surface area contributed by atoms with Gasteiger partial charge in [0.1, 0.15) is 0 Å². The van der Waals surface area contributed by atoms with Crippen LogP contribution >= 0.6 is 0 Å². The summed E-state index contributed by atoms with van der Waals surface area (Å²) in [6.07, 6.45) is 2.35. The zero-order valence-electron chi connectivity index (χ0n) is 13.1. The number of likely N-dealkylation sites (tertiary alicyclic amines) is 1. The Bertz CT molecular complexity index is 371. The molecule has 19 heavy (non-hydrogen) atoms. The summed E-state index contributed by atoms with van der Waals surface area (Å²) in [7, 11) is -2.91. The second-order valence-electron chi connectivity index (χ2n) is 6.88. The minimum absolute atomic E-state index is 0.123. The van der Waals surface area contributed by atoms with Gasteiger partial charge in [-0.3, -0.25) is 4.90 Å². The zero-order chi connectivity index (χ0) is 14.7. The van der Waals surface area contributed by atoms with Crippen LogP contribution in [-0.2, 0) is 9.84 Å². The molecule has 1 fully saturated rings. The van der Waals surface area contributed by atoms with E-state index in [1.807, 2.05) is 0 Å². The second kappa shape index (κ2) is 6.55. The molecule has 4 nitrogen and oxygen atoms in total. The largest absolute Gasteiger partial charge is 0.311 e. The lowest BCUT2D eigenvalue weighted by atomic mass is 10.1. The van der Waals surface area contributed by atoms with Gasteiger partial charge in [0.15, 0.2) is 9.84 Å². The van der Waals surface area contributed by atoms with E-state index >= 15 is 0 Å². The minimum atomic E-state index is -2.91. The molecule has 0 radical (unpaired) electrons. The fourth-order valence-corrected chi connectivity index (χ4v) is 3.29. The average molecular weight is 290 g/mol. The third-order valence-corrected chi connectivity index (χ3v) is 5.94. The van der Waals surface area contributed by atoms with E-state index in [9.17, 15) is 8.42 Å². The molecule has 0 aliphatic carbocycles. The van der Waals surface area contributed by atoms with Gasteiger partial charge in [0, 0.05) is 24.7 Å². The van der Waals surface area contributed by atoms with Gasteiger partial charge in [0.05, 0.1) is 11.0 Å². The average Bonchev–Trinajstić information content (AvgIpc) is 2.70. The van der Waals surface area contributed by atoms with E-state index in [0.29, 0.717) is 12.6 Å². The van der Waals surface area contributed by atoms with Crippen LogP contribution in [-0.4, -0.2) is 55.5 Å². The van der Waals surface area contributed by atoms with Crippen molar-refractivity contribution in [2.75, 3.05) is 25.4 Å². The quantitative estimate of drug-likeness (QED) is 0.808. The molecule has 1 heterocycles. The van der Waals surface area contributed by atoms with Gasteiger partial charge in [-0.25, -0.2) is 8.42 Å². The summed E-state index contributed by atoms with van der Waals surface area (Å²) in [5.74, 6) is 0.288. The Kier molecular flexibility index (Phi) is 5.83. The first-order chi connectivity index (χ1) is 8.62. The number of hydrogen-bond donors (Lipinski definition) is 1. The van der Waals surface area contributed by atoms with E-state index in [-0.39, 0.29) is 16.5 Å². The van der Waals surface area contributed by atoms with Crippen molar-refractivity contribution < 1.29 is 8.42 Å². The van der Waals surface area contributed by atoms with Gasteiger partial charge in [0.2, 0.25) is 0 Å². The van der Waals surface area contributed by atoms with Crippen LogP contribution in [0.5, 0.6) is 0 Å². The topological polar surface area (TPSA) is 49.4 Å². The monoisotopic (exact) mass is 290 g/mol. The van der Waals surface area contributed by atoms with Crippen molar-refractivity contribution in [2.24, 2.45) is 0 Å². The van der Waals surface area contributed by atoms with Gasteiger partial charge in [-0.05, 0) is 54.0 Å². The molecule has 114 valence electrons. The maximum atomic E-state index is 11.9. The van der Waals surface area contributed by atoms with E-state index in [2.05, 4.69) is 31.0 Å². The third-order valence-electron chi connectivity index (χ3n) is 3.75. The van der Waals surface area contributed by atoms with Gasteiger partial charge in [-0.15, -0.1) is 0 Å². The summed E-state index contributed by atoms with van der Waals surface area (Å²) in [6, 6.07) is 0.488. The predicted octanol–water partition coefficient (Wildman–Crippen LogP) is 1.66. The molecule has 0 aromatic heterocycles. The van der Waals surface area contributed by atoms with Crippen LogP contribution in [0.4, 0.5) is 0 Å². The molecule has 5 heteroatoms. The Morgan fingerprint density at radius 3 is 2.47 bits per heavy atom. The lowest BCUT2D eigenvalue weighted by molar-refractivity contribution is 0.244. The molecule has 1 saturated heterocycles. The Morgan fingerprint density at radius 2 is 1.95 bits per heavy atom. The van der Waals surface area contributed by atoms with Gasteiger partial charge >= 0.3 is 0 Å². The van der Waals surface area contributed by atoms with E-state index in [4.69, 9.17) is 0 Å².